The summed E-state index contributed by atoms with van der Waals surface area (Å²) < 4.78 is 5.87. The summed E-state index contributed by atoms with van der Waals surface area (Å²) in [6.07, 6.45) is -2.02. The molecular weight excluding hydrogens is 925 g/mol. The van der Waals surface area contributed by atoms with Crippen molar-refractivity contribution in [2.75, 3.05) is 6.61 Å². The summed E-state index contributed by atoms with van der Waals surface area (Å²) in [4.78, 5) is 70.2. The van der Waals surface area contributed by atoms with Gasteiger partial charge in [-0.3, -0.25) is 14.4 Å². The number of hydrogen-bond acceptors (Lipinski definition) is 6. The molecule has 1 aliphatic rings. The predicted octanol–water partition coefficient (Wildman–Crippen LogP) is 10.2. The minimum absolute atomic E-state index is 0.0499. The summed E-state index contributed by atoms with van der Waals surface area (Å²) >= 11 is 0. The SMILES string of the molecule is O=C(CC[C@H](NC(=O)[C@H](CCC(=O)NC(c1ccccc1)(c1ccccc1)c1ccccc1)NC(=O)OCC1c2ccccc2-c2ccccc21)C(=O)O)NC(c1ccccc1)(c1ccccc1)c1ccccc1. The molecule has 11 heteroatoms. The number of benzene rings is 8. The number of carboxylic acid groups (broad SMARTS) is 1. The molecule has 0 saturated heterocycles. The molecule has 0 aliphatic heterocycles. The number of carboxylic acids is 1. The topological polar surface area (TPSA) is 163 Å². The Hall–Kier alpha value is -9.09. The van der Waals surface area contributed by atoms with E-state index in [0.29, 0.717) is 0 Å². The quantitative estimate of drug-likeness (QED) is 0.0475. The number of amides is 4. The number of ether oxygens (including phenoxy) is 1. The molecule has 8 aromatic carbocycles. The van der Waals surface area contributed by atoms with Crippen molar-refractivity contribution in [2.45, 2.75) is 54.8 Å². The number of hydrogen-bond donors (Lipinski definition) is 5. The van der Waals surface area contributed by atoms with Crippen LogP contribution < -0.4 is 21.3 Å². The van der Waals surface area contributed by atoms with Gasteiger partial charge in [0, 0.05) is 18.8 Å². The summed E-state index contributed by atoms with van der Waals surface area (Å²) in [5, 5.41) is 22.4. The Morgan fingerprint density at radius 1 is 0.419 bits per heavy atom. The summed E-state index contributed by atoms with van der Waals surface area (Å²) in [6, 6.07) is 70.1. The lowest BCUT2D eigenvalue weighted by Gasteiger charge is -2.37. The number of aliphatic carboxylic acids is 1. The van der Waals surface area contributed by atoms with Gasteiger partial charge < -0.3 is 31.1 Å². The third-order valence-electron chi connectivity index (χ3n) is 13.8. The lowest BCUT2D eigenvalue weighted by atomic mass is 9.77. The van der Waals surface area contributed by atoms with Crippen LogP contribution in [0.2, 0.25) is 0 Å². The van der Waals surface area contributed by atoms with Crippen LogP contribution in [0.3, 0.4) is 0 Å². The Kier molecular flexibility index (Phi) is 15.5. The Morgan fingerprint density at radius 3 is 1.07 bits per heavy atom. The van der Waals surface area contributed by atoms with Gasteiger partial charge in [0.05, 0.1) is 0 Å². The minimum atomic E-state index is -1.56. The molecule has 0 radical (unpaired) electrons. The van der Waals surface area contributed by atoms with E-state index in [4.69, 9.17) is 4.74 Å². The van der Waals surface area contributed by atoms with Crippen LogP contribution in [-0.2, 0) is 35.0 Å². The van der Waals surface area contributed by atoms with Crippen LogP contribution in [0.15, 0.2) is 231 Å². The van der Waals surface area contributed by atoms with E-state index in [-0.39, 0.29) is 38.2 Å². The van der Waals surface area contributed by atoms with Gasteiger partial charge in [-0.2, -0.15) is 0 Å². The third kappa shape index (κ3) is 10.7. The van der Waals surface area contributed by atoms with Crippen LogP contribution in [0.5, 0.6) is 0 Å². The molecule has 8 aromatic rings. The number of carbonyl (C=O) groups is 5. The molecule has 2 atom stereocenters. The van der Waals surface area contributed by atoms with E-state index in [9.17, 15) is 29.1 Å². The second kappa shape index (κ2) is 23.0. The number of carbonyl (C=O) groups excluding carboxylic acids is 4. The van der Waals surface area contributed by atoms with Gasteiger partial charge in [-0.15, -0.1) is 0 Å². The van der Waals surface area contributed by atoms with Gasteiger partial charge in [-0.1, -0.05) is 231 Å². The first kappa shape index (κ1) is 49.9. The maximum Gasteiger partial charge on any atom is 0.407 e. The van der Waals surface area contributed by atoms with Crippen molar-refractivity contribution >= 4 is 29.8 Å². The number of nitrogens with one attached hydrogen (secondary N) is 4. The van der Waals surface area contributed by atoms with Crippen molar-refractivity contribution in [2.24, 2.45) is 0 Å². The summed E-state index contributed by atoms with van der Waals surface area (Å²) in [5.74, 6) is -3.45. The molecule has 0 aromatic heterocycles. The predicted molar refractivity (Wildman–Crippen MR) is 285 cm³/mol. The molecule has 5 N–H and O–H groups in total. The second-order valence-electron chi connectivity index (χ2n) is 18.3. The average molecular weight is 981 g/mol. The lowest BCUT2D eigenvalue weighted by Crippen LogP contribution is -2.53. The zero-order chi connectivity index (χ0) is 51.3. The first-order valence-corrected chi connectivity index (χ1v) is 24.8. The fourth-order valence-electron chi connectivity index (χ4n) is 10.2. The van der Waals surface area contributed by atoms with Gasteiger partial charge in [0.2, 0.25) is 17.7 Å². The standard InChI is InChI=1S/C63H56N4O7/c68-57(66-62(44-23-7-1-8-24-44,45-25-9-2-10-26-45)46-27-11-3-12-28-46)41-39-55(65-61(73)74-43-54-52-37-21-19-35-50(52)51-36-20-22-38-53(51)54)59(70)64-56(60(71)72)40-42-58(69)67-63(47-29-13-4-14-30-47,48-31-15-5-16-32-48)49-33-17-6-18-34-49/h1-38,54-56H,39-43H2,(H,64,70)(H,65,73)(H,66,68)(H,67,69)(H,71,72)/t55-,56-/m0/s1. The molecule has 9 rings (SSSR count). The van der Waals surface area contributed by atoms with E-state index in [1.807, 2.05) is 231 Å². The third-order valence-corrected chi connectivity index (χ3v) is 13.8. The Balaban J connectivity index is 0.959. The molecule has 1 aliphatic carbocycles. The minimum Gasteiger partial charge on any atom is -0.480 e. The Labute approximate surface area is 430 Å². The normalized spacial score (nSPS) is 12.8. The van der Waals surface area contributed by atoms with Crippen molar-refractivity contribution < 1.29 is 33.8 Å². The fourth-order valence-corrected chi connectivity index (χ4v) is 10.2. The maximum absolute atomic E-state index is 14.5. The molecule has 0 unspecified atom stereocenters. The van der Waals surface area contributed by atoms with Gasteiger partial charge in [0.15, 0.2) is 0 Å². The maximum atomic E-state index is 14.5. The highest BCUT2D eigenvalue weighted by Gasteiger charge is 2.40. The lowest BCUT2D eigenvalue weighted by molar-refractivity contribution is -0.142. The summed E-state index contributed by atoms with van der Waals surface area (Å²) in [5.41, 5.74) is 6.48. The molecule has 370 valence electrons. The first-order valence-electron chi connectivity index (χ1n) is 24.8. The molecule has 0 fully saturated rings. The Morgan fingerprint density at radius 2 is 0.730 bits per heavy atom. The van der Waals surface area contributed by atoms with Gasteiger partial charge in [0.25, 0.3) is 0 Å². The van der Waals surface area contributed by atoms with E-state index in [0.717, 1.165) is 55.6 Å². The van der Waals surface area contributed by atoms with Crippen molar-refractivity contribution in [1.29, 1.82) is 0 Å². The van der Waals surface area contributed by atoms with Crippen molar-refractivity contribution in [3.63, 3.8) is 0 Å². The van der Waals surface area contributed by atoms with Crippen LogP contribution in [0, 0.1) is 0 Å². The molecule has 74 heavy (non-hydrogen) atoms. The van der Waals surface area contributed by atoms with Crippen LogP contribution in [0.1, 0.15) is 76.1 Å². The van der Waals surface area contributed by atoms with Gasteiger partial charge in [0.1, 0.15) is 29.8 Å². The molecule has 0 heterocycles. The zero-order valence-corrected chi connectivity index (χ0v) is 40.6. The monoisotopic (exact) mass is 980 g/mol. The highest BCUT2D eigenvalue weighted by molar-refractivity contribution is 5.90. The molecule has 0 bridgehead atoms. The molecular formula is C63H56N4O7. The Bertz CT molecular complexity index is 2960. The smallest absolute Gasteiger partial charge is 0.407 e. The summed E-state index contributed by atoms with van der Waals surface area (Å²) in [6.45, 7) is -0.0499. The largest absolute Gasteiger partial charge is 0.480 e. The van der Waals surface area contributed by atoms with Gasteiger partial charge in [-0.25, -0.2) is 9.59 Å². The molecule has 0 saturated carbocycles. The van der Waals surface area contributed by atoms with E-state index in [1.165, 1.54) is 0 Å². The first-order chi connectivity index (χ1) is 36.2. The number of alkyl carbamates (subject to hydrolysis) is 1. The van der Waals surface area contributed by atoms with Crippen LogP contribution in [-0.4, -0.2) is 53.6 Å². The van der Waals surface area contributed by atoms with E-state index < -0.39 is 52.9 Å². The van der Waals surface area contributed by atoms with E-state index in [2.05, 4.69) is 21.3 Å². The van der Waals surface area contributed by atoms with Gasteiger partial charge in [-0.05, 0) is 68.5 Å². The average Bonchev–Trinajstić information content (AvgIpc) is 3.77. The second-order valence-corrected chi connectivity index (χ2v) is 18.3. The molecule has 4 amide bonds. The summed E-state index contributed by atoms with van der Waals surface area (Å²) in [7, 11) is 0. The van der Waals surface area contributed by atoms with Crippen LogP contribution in [0.25, 0.3) is 11.1 Å². The van der Waals surface area contributed by atoms with Gasteiger partial charge >= 0.3 is 12.1 Å². The number of fused-ring (bicyclic) bond motifs is 3. The highest BCUT2D eigenvalue weighted by atomic mass is 16.5. The fraction of sp³-hybridized carbons (Fsp3) is 0.159. The van der Waals surface area contributed by atoms with Crippen molar-refractivity contribution in [3.8, 4) is 11.1 Å². The zero-order valence-electron chi connectivity index (χ0n) is 40.6. The molecule has 0 spiro atoms. The van der Waals surface area contributed by atoms with Crippen molar-refractivity contribution in [3.05, 3.63) is 275 Å². The highest BCUT2D eigenvalue weighted by Crippen LogP contribution is 2.45. The van der Waals surface area contributed by atoms with Crippen LogP contribution in [0.4, 0.5) is 4.79 Å². The van der Waals surface area contributed by atoms with Crippen LogP contribution >= 0.6 is 0 Å². The molecule has 11 nitrogen and oxygen atoms in total. The van der Waals surface area contributed by atoms with Crippen molar-refractivity contribution in [1.82, 2.24) is 21.3 Å². The van der Waals surface area contributed by atoms with E-state index in [1.54, 1.807) is 0 Å². The number of rotatable bonds is 20. The van der Waals surface area contributed by atoms with E-state index >= 15 is 0 Å².